The molecule has 0 unspecified atom stereocenters. The maximum Gasteiger partial charge on any atom is 0.254 e. The molecule has 3 heterocycles. The number of furan rings is 1. The zero-order valence-electron chi connectivity index (χ0n) is 10.9. The number of rotatable bonds is 5. The normalized spacial score (nSPS) is 10.5. The van der Waals surface area contributed by atoms with E-state index in [0.717, 1.165) is 9.75 Å². The van der Waals surface area contributed by atoms with Crippen LogP contribution < -0.4 is 5.32 Å². The van der Waals surface area contributed by atoms with E-state index in [9.17, 15) is 9.59 Å². The van der Waals surface area contributed by atoms with Gasteiger partial charge in [0.05, 0.1) is 28.1 Å². The van der Waals surface area contributed by atoms with Crippen molar-refractivity contribution < 1.29 is 14.0 Å². The van der Waals surface area contributed by atoms with Crippen molar-refractivity contribution in [3.8, 4) is 0 Å². The van der Waals surface area contributed by atoms with Crippen molar-refractivity contribution in [2.45, 2.75) is 6.54 Å². The third kappa shape index (κ3) is 3.12. The van der Waals surface area contributed by atoms with Crippen molar-refractivity contribution in [3.05, 3.63) is 68.4 Å². The van der Waals surface area contributed by atoms with Crippen LogP contribution in [0.5, 0.6) is 0 Å². The van der Waals surface area contributed by atoms with E-state index >= 15 is 0 Å². The van der Waals surface area contributed by atoms with Gasteiger partial charge < -0.3 is 9.73 Å². The fraction of sp³-hybridized carbons (Fsp3) is 0.0667. The second kappa shape index (κ2) is 6.07. The van der Waals surface area contributed by atoms with Gasteiger partial charge in [-0.2, -0.15) is 0 Å². The van der Waals surface area contributed by atoms with Gasteiger partial charge >= 0.3 is 0 Å². The van der Waals surface area contributed by atoms with Crippen molar-refractivity contribution in [2.75, 3.05) is 0 Å². The summed E-state index contributed by atoms with van der Waals surface area (Å²) in [5.74, 6) is -0.161. The van der Waals surface area contributed by atoms with Gasteiger partial charge in [-0.25, -0.2) is 0 Å². The Hall–Kier alpha value is -2.18. The van der Waals surface area contributed by atoms with Crippen LogP contribution >= 0.6 is 22.7 Å². The first-order chi connectivity index (χ1) is 10.2. The molecule has 0 radical (unpaired) electrons. The van der Waals surface area contributed by atoms with E-state index < -0.39 is 0 Å². The summed E-state index contributed by atoms with van der Waals surface area (Å²) in [6.45, 7) is 0.395. The van der Waals surface area contributed by atoms with Gasteiger partial charge in [-0.1, -0.05) is 6.07 Å². The summed E-state index contributed by atoms with van der Waals surface area (Å²) in [5, 5.41) is 4.67. The molecule has 3 aromatic rings. The zero-order valence-corrected chi connectivity index (χ0v) is 12.5. The topological polar surface area (TPSA) is 59.3 Å². The van der Waals surface area contributed by atoms with E-state index in [1.165, 1.54) is 35.2 Å². The largest absolute Gasteiger partial charge is 0.472 e. The highest BCUT2D eigenvalue weighted by Gasteiger charge is 2.13. The predicted octanol–water partition coefficient (Wildman–Crippen LogP) is 3.56. The summed E-state index contributed by atoms with van der Waals surface area (Å²) in [6.07, 6.45) is 2.85. The molecule has 0 fully saturated rings. The van der Waals surface area contributed by atoms with Crippen LogP contribution in [-0.2, 0) is 6.54 Å². The second-order valence-corrected chi connectivity index (χ2v) is 6.38. The molecule has 0 spiro atoms. The third-order valence-electron chi connectivity index (χ3n) is 2.84. The Balaban J connectivity index is 1.63. The average molecular weight is 317 g/mol. The monoisotopic (exact) mass is 317 g/mol. The van der Waals surface area contributed by atoms with Gasteiger partial charge in [-0.05, 0) is 29.6 Å². The fourth-order valence-corrected chi connectivity index (χ4v) is 3.43. The summed E-state index contributed by atoms with van der Waals surface area (Å²) in [6, 6.07) is 8.94. The molecular weight excluding hydrogens is 306 g/mol. The van der Waals surface area contributed by atoms with Gasteiger partial charge in [0.15, 0.2) is 0 Å². The first-order valence-electron chi connectivity index (χ1n) is 6.21. The predicted molar refractivity (Wildman–Crippen MR) is 81.9 cm³/mol. The molecule has 4 nitrogen and oxygen atoms in total. The van der Waals surface area contributed by atoms with Crippen LogP contribution in [0, 0.1) is 0 Å². The molecule has 0 saturated heterocycles. The Morgan fingerprint density at radius 2 is 2.05 bits per heavy atom. The third-order valence-corrected chi connectivity index (χ3v) is 4.79. The zero-order chi connectivity index (χ0) is 14.7. The van der Waals surface area contributed by atoms with E-state index in [1.807, 2.05) is 23.6 Å². The minimum Gasteiger partial charge on any atom is -0.472 e. The Bertz CT molecular complexity index is 742. The van der Waals surface area contributed by atoms with Gasteiger partial charge in [0.25, 0.3) is 5.91 Å². The number of hydrogen-bond acceptors (Lipinski definition) is 5. The van der Waals surface area contributed by atoms with Crippen molar-refractivity contribution in [1.82, 2.24) is 5.32 Å². The summed E-state index contributed by atoms with van der Waals surface area (Å²) >= 11 is 2.83. The molecule has 0 aliphatic rings. The molecule has 106 valence electrons. The molecule has 3 rings (SSSR count). The van der Waals surface area contributed by atoms with Crippen LogP contribution in [0.1, 0.15) is 29.8 Å². The van der Waals surface area contributed by atoms with Gasteiger partial charge in [0.1, 0.15) is 6.26 Å². The first-order valence-corrected chi connectivity index (χ1v) is 7.91. The molecule has 0 atom stereocenters. The minimum atomic E-state index is -0.191. The molecule has 0 aromatic carbocycles. The smallest absolute Gasteiger partial charge is 0.254 e. The number of nitrogens with one attached hydrogen (secondary N) is 1. The molecular formula is C15H11NO3S2. The lowest BCUT2D eigenvalue weighted by atomic mass is 10.2. The molecule has 0 aliphatic carbocycles. The highest BCUT2D eigenvalue weighted by Crippen LogP contribution is 2.22. The lowest BCUT2D eigenvalue weighted by molar-refractivity contribution is 0.0950. The molecule has 6 heteroatoms. The quantitative estimate of drug-likeness (QED) is 0.732. The molecule has 1 amide bonds. The Morgan fingerprint density at radius 1 is 1.14 bits per heavy atom. The Morgan fingerprint density at radius 3 is 2.76 bits per heavy atom. The summed E-state index contributed by atoms with van der Waals surface area (Å²) in [5.41, 5.74) is 0.487. The SMILES string of the molecule is O=C(NCc1ccc(C(=O)c2cccs2)s1)c1ccoc1. The van der Waals surface area contributed by atoms with Crippen molar-refractivity contribution in [3.63, 3.8) is 0 Å². The highest BCUT2D eigenvalue weighted by atomic mass is 32.1. The standard InChI is InChI=1S/C15H11NO3S2/c17-14(12-2-1-7-20-12)13-4-3-11(21-13)8-16-15(18)10-5-6-19-9-10/h1-7,9H,8H2,(H,16,18). The van der Waals surface area contributed by atoms with Gasteiger partial charge in [-0.3, -0.25) is 9.59 Å². The number of hydrogen-bond donors (Lipinski definition) is 1. The van der Waals surface area contributed by atoms with E-state index in [0.29, 0.717) is 17.0 Å². The Labute approximate surface area is 129 Å². The van der Waals surface area contributed by atoms with E-state index in [2.05, 4.69) is 5.32 Å². The number of ketones is 1. The van der Waals surface area contributed by atoms with Crippen LogP contribution in [0.2, 0.25) is 0 Å². The van der Waals surface area contributed by atoms with Crippen molar-refractivity contribution >= 4 is 34.4 Å². The lowest BCUT2D eigenvalue weighted by Crippen LogP contribution is -2.21. The summed E-state index contributed by atoms with van der Waals surface area (Å²) < 4.78 is 4.86. The van der Waals surface area contributed by atoms with Crippen LogP contribution in [0.25, 0.3) is 0 Å². The number of thiophene rings is 2. The van der Waals surface area contributed by atoms with Crippen LogP contribution in [-0.4, -0.2) is 11.7 Å². The average Bonchev–Trinajstić information content (AvgIpc) is 3.26. The van der Waals surface area contributed by atoms with Gasteiger partial charge in [0, 0.05) is 4.88 Å². The first kappa shape index (κ1) is 13.8. The number of carbonyl (C=O) groups excluding carboxylic acids is 2. The second-order valence-electron chi connectivity index (χ2n) is 4.27. The minimum absolute atomic E-state index is 0.0300. The molecule has 0 saturated carbocycles. The molecule has 0 aliphatic heterocycles. The van der Waals surface area contributed by atoms with E-state index in [-0.39, 0.29) is 11.7 Å². The maximum atomic E-state index is 12.2. The van der Waals surface area contributed by atoms with E-state index in [4.69, 9.17) is 4.42 Å². The molecule has 0 bridgehead atoms. The fourth-order valence-electron chi connectivity index (χ4n) is 1.79. The summed E-state index contributed by atoms with van der Waals surface area (Å²) in [4.78, 5) is 26.3. The summed E-state index contributed by atoms with van der Waals surface area (Å²) in [7, 11) is 0. The molecule has 1 N–H and O–H groups in total. The van der Waals surface area contributed by atoms with Crippen LogP contribution in [0.3, 0.4) is 0 Å². The van der Waals surface area contributed by atoms with Gasteiger partial charge in [0.2, 0.25) is 5.78 Å². The Kier molecular flexibility index (Phi) is 3.98. The number of amides is 1. The van der Waals surface area contributed by atoms with Crippen LogP contribution in [0.15, 0.2) is 52.7 Å². The number of carbonyl (C=O) groups is 2. The highest BCUT2D eigenvalue weighted by molar-refractivity contribution is 7.16. The van der Waals surface area contributed by atoms with Crippen molar-refractivity contribution in [1.29, 1.82) is 0 Å². The van der Waals surface area contributed by atoms with Gasteiger partial charge in [-0.15, -0.1) is 22.7 Å². The lowest BCUT2D eigenvalue weighted by Gasteiger charge is -2.00. The van der Waals surface area contributed by atoms with Crippen LogP contribution in [0.4, 0.5) is 0 Å². The molecule has 3 aromatic heterocycles. The maximum absolute atomic E-state index is 12.2. The van der Waals surface area contributed by atoms with E-state index in [1.54, 1.807) is 12.1 Å². The molecule has 21 heavy (non-hydrogen) atoms. The van der Waals surface area contributed by atoms with Crippen molar-refractivity contribution in [2.24, 2.45) is 0 Å².